The van der Waals surface area contributed by atoms with Gasteiger partial charge in [0, 0.05) is 12.6 Å². The number of nitrogens with one attached hydrogen (secondary N) is 1. The Kier molecular flexibility index (Phi) is 4.74. The van der Waals surface area contributed by atoms with Crippen LogP contribution in [0.2, 0.25) is 0 Å². The van der Waals surface area contributed by atoms with E-state index in [-0.39, 0.29) is 0 Å². The molecule has 94 valence electrons. The standard InChI is InChI=1S/C12H24N2O2/c1-4-14(9-12(2,3)11(15)16)10-5-7-13-8-6-10/h10,13H,4-9H2,1-3H3,(H,15,16). The topological polar surface area (TPSA) is 52.6 Å². The van der Waals surface area contributed by atoms with Gasteiger partial charge in [0.1, 0.15) is 0 Å². The first-order valence-corrected chi connectivity index (χ1v) is 6.15. The van der Waals surface area contributed by atoms with Crippen LogP contribution in [0, 0.1) is 5.41 Å². The number of aliphatic carboxylic acids is 1. The maximum Gasteiger partial charge on any atom is 0.310 e. The number of hydrogen-bond donors (Lipinski definition) is 2. The summed E-state index contributed by atoms with van der Waals surface area (Å²) in [6.45, 7) is 9.40. The van der Waals surface area contributed by atoms with Crippen LogP contribution in [0.3, 0.4) is 0 Å². The van der Waals surface area contributed by atoms with Crippen molar-refractivity contribution >= 4 is 5.97 Å². The van der Waals surface area contributed by atoms with Gasteiger partial charge in [-0.05, 0) is 46.3 Å². The molecule has 16 heavy (non-hydrogen) atoms. The van der Waals surface area contributed by atoms with E-state index in [1.165, 1.54) is 0 Å². The minimum Gasteiger partial charge on any atom is -0.481 e. The predicted octanol–water partition coefficient (Wildman–Crippen LogP) is 1.17. The number of hydrogen-bond acceptors (Lipinski definition) is 3. The second-order valence-corrected chi connectivity index (χ2v) is 5.23. The number of carboxylic acids is 1. The van der Waals surface area contributed by atoms with Crippen molar-refractivity contribution in [3.05, 3.63) is 0 Å². The van der Waals surface area contributed by atoms with Crippen LogP contribution >= 0.6 is 0 Å². The molecule has 1 fully saturated rings. The normalized spacial score (nSPS) is 19.0. The summed E-state index contributed by atoms with van der Waals surface area (Å²) in [6.07, 6.45) is 2.26. The smallest absolute Gasteiger partial charge is 0.310 e. The van der Waals surface area contributed by atoms with Crippen molar-refractivity contribution in [2.45, 2.75) is 39.7 Å². The lowest BCUT2D eigenvalue weighted by Crippen LogP contribution is -2.48. The molecule has 0 aromatic rings. The fourth-order valence-electron chi connectivity index (χ4n) is 2.25. The van der Waals surface area contributed by atoms with Crippen molar-refractivity contribution in [3.8, 4) is 0 Å². The lowest BCUT2D eigenvalue weighted by Gasteiger charge is -2.37. The molecule has 0 amide bonds. The highest BCUT2D eigenvalue weighted by Gasteiger charge is 2.32. The van der Waals surface area contributed by atoms with E-state index < -0.39 is 11.4 Å². The third kappa shape index (κ3) is 3.46. The van der Waals surface area contributed by atoms with Crippen molar-refractivity contribution in [3.63, 3.8) is 0 Å². The van der Waals surface area contributed by atoms with Gasteiger partial charge in [-0.3, -0.25) is 9.69 Å². The summed E-state index contributed by atoms with van der Waals surface area (Å²) in [7, 11) is 0. The van der Waals surface area contributed by atoms with Crippen molar-refractivity contribution < 1.29 is 9.90 Å². The molecule has 2 N–H and O–H groups in total. The summed E-state index contributed by atoms with van der Waals surface area (Å²) in [4.78, 5) is 13.4. The quantitative estimate of drug-likeness (QED) is 0.741. The Morgan fingerprint density at radius 3 is 2.44 bits per heavy atom. The minimum atomic E-state index is -0.708. The Morgan fingerprint density at radius 2 is 2.00 bits per heavy atom. The number of carboxylic acid groups (broad SMARTS) is 1. The van der Waals surface area contributed by atoms with Gasteiger partial charge >= 0.3 is 5.97 Å². The van der Waals surface area contributed by atoms with E-state index in [0.29, 0.717) is 12.6 Å². The van der Waals surface area contributed by atoms with E-state index in [0.717, 1.165) is 32.5 Å². The van der Waals surface area contributed by atoms with Crippen molar-refractivity contribution in [2.75, 3.05) is 26.2 Å². The summed E-state index contributed by atoms with van der Waals surface area (Å²) in [5, 5.41) is 12.5. The summed E-state index contributed by atoms with van der Waals surface area (Å²) in [6, 6.07) is 0.546. The molecule has 4 nitrogen and oxygen atoms in total. The third-order valence-electron chi connectivity index (χ3n) is 3.41. The van der Waals surface area contributed by atoms with E-state index in [1.807, 2.05) is 0 Å². The molecule has 1 rings (SSSR count). The lowest BCUT2D eigenvalue weighted by molar-refractivity contribution is -0.148. The third-order valence-corrected chi connectivity index (χ3v) is 3.41. The highest BCUT2D eigenvalue weighted by molar-refractivity contribution is 5.73. The number of carbonyl (C=O) groups is 1. The van der Waals surface area contributed by atoms with Crippen LogP contribution in [0.4, 0.5) is 0 Å². The molecule has 0 aliphatic carbocycles. The summed E-state index contributed by atoms with van der Waals surface area (Å²) >= 11 is 0. The Balaban J connectivity index is 2.56. The monoisotopic (exact) mass is 228 g/mol. The Labute approximate surface area is 98.0 Å². The van der Waals surface area contributed by atoms with Crippen LogP contribution in [0.1, 0.15) is 33.6 Å². The first-order chi connectivity index (χ1) is 7.47. The van der Waals surface area contributed by atoms with Crippen molar-refractivity contribution in [1.82, 2.24) is 10.2 Å². The average Bonchev–Trinajstić information content (AvgIpc) is 2.27. The highest BCUT2D eigenvalue weighted by Crippen LogP contribution is 2.21. The zero-order valence-electron chi connectivity index (χ0n) is 10.6. The van der Waals surface area contributed by atoms with Crippen molar-refractivity contribution in [2.24, 2.45) is 5.41 Å². The van der Waals surface area contributed by atoms with Crippen LogP contribution in [0.15, 0.2) is 0 Å². The number of piperidine rings is 1. The second kappa shape index (κ2) is 5.64. The minimum absolute atomic E-state index is 0.546. The molecule has 1 heterocycles. The van der Waals surface area contributed by atoms with E-state index in [9.17, 15) is 4.79 Å². The molecule has 0 radical (unpaired) electrons. The van der Waals surface area contributed by atoms with Crippen LogP contribution in [0.25, 0.3) is 0 Å². The number of rotatable bonds is 5. The van der Waals surface area contributed by atoms with Crippen LogP contribution in [-0.4, -0.2) is 48.2 Å². The Bertz CT molecular complexity index is 235. The van der Waals surface area contributed by atoms with Gasteiger partial charge in [-0.2, -0.15) is 0 Å². The maximum atomic E-state index is 11.1. The summed E-state index contributed by atoms with van der Waals surface area (Å²) < 4.78 is 0. The van der Waals surface area contributed by atoms with Gasteiger partial charge in [0.25, 0.3) is 0 Å². The molecule has 1 aliphatic heterocycles. The maximum absolute atomic E-state index is 11.1. The van der Waals surface area contributed by atoms with Gasteiger partial charge in [-0.25, -0.2) is 0 Å². The van der Waals surface area contributed by atoms with Crippen molar-refractivity contribution in [1.29, 1.82) is 0 Å². The fraction of sp³-hybridized carbons (Fsp3) is 0.917. The Hall–Kier alpha value is -0.610. The molecule has 0 saturated carbocycles. The van der Waals surface area contributed by atoms with Crippen LogP contribution in [0.5, 0.6) is 0 Å². The van der Waals surface area contributed by atoms with Crippen LogP contribution in [-0.2, 0) is 4.79 Å². The van der Waals surface area contributed by atoms with Gasteiger partial charge in [0.2, 0.25) is 0 Å². The molecule has 1 aliphatic rings. The molecule has 0 aromatic carbocycles. The lowest BCUT2D eigenvalue weighted by atomic mass is 9.91. The van der Waals surface area contributed by atoms with Gasteiger partial charge in [0.05, 0.1) is 5.41 Å². The van der Waals surface area contributed by atoms with E-state index in [2.05, 4.69) is 17.1 Å². The van der Waals surface area contributed by atoms with Gasteiger partial charge in [-0.15, -0.1) is 0 Å². The zero-order valence-corrected chi connectivity index (χ0v) is 10.6. The molecule has 0 unspecified atom stereocenters. The van der Waals surface area contributed by atoms with Gasteiger partial charge in [-0.1, -0.05) is 6.92 Å². The van der Waals surface area contributed by atoms with Crippen LogP contribution < -0.4 is 5.32 Å². The van der Waals surface area contributed by atoms with Gasteiger partial charge in [0.15, 0.2) is 0 Å². The largest absolute Gasteiger partial charge is 0.481 e. The molecule has 0 bridgehead atoms. The number of nitrogens with zero attached hydrogens (tertiary/aromatic N) is 1. The van der Waals surface area contributed by atoms with E-state index >= 15 is 0 Å². The Morgan fingerprint density at radius 1 is 1.44 bits per heavy atom. The fourth-order valence-corrected chi connectivity index (χ4v) is 2.25. The molecule has 0 atom stereocenters. The second-order valence-electron chi connectivity index (χ2n) is 5.23. The highest BCUT2D eigenvalue weighted by atomic mass is 16.4. The molecule has 1 saturated heterocycles. The first kappa shape index (κ1) is 13.5. The molecular weight excluding hydrogens is 204 g/mol. The molecular formula is C12H24N2O2. The first-order valence-electron chi connectivity index (χ1n) is 6.15. The van der Waals surface area contributed by atoms with Gasteiger partial charge < -0.3 is 10.4 Å². The summed E-state index contributed by atoms with van der Waals surface area (Å²) in [5.74, 6) is -0.708. The van der Waals surface area contributed by atoms with E-state index in [1.54, 1.807) is 13.8 Å². The molecule has 4 heteroatoms. The zero-order chi connectivity index (χ0) is 12.2. The SMILES string of the molecule is CCN(CC(C)(C)C(=O)O)C1CCNCC1. The summed E-state index contributed by atoms with van der Waals surface area (Å²) in [5.41, 5.74) is -0.652. The van der Waals surface area contributed by atoms with E-state index in [4.69, 9.17) is 5.11 Å². The average molecular weight is 228 g/mol. The molecule has 0 spiro atoms. The predicted molar refractivity (Wildman–Crippen MR) is 64.6 cm³/mol. The molecule has 0 aromatic heterocycles.